The van der Waals surface area contributed by atoms with E-state index >= 15 is 0 Å². The number of aromatic nitrogens is 1. The van der Waals surface area contributed by atoms with Crippen molar-refractivity contribution in [2.45, 2.75) is 44.1 Å². The normalized spacial score (nSPS) is 26.9. The van der Waals surface area contributed by atoms with Gasteiger partial charge in [-0.15, -0.1) is 0 Å². The Hall–Kier alpha value is -2.23. The second-order valence-electron chi connectivity index (χ2n) is 6.79. The Bertz CT molecular complexity index is 789. The Balaban J connectivity index is 2.22. The number of fused-ring (bicyclic) bond motifs is 1. The van der Waals surface area contributed by atoms with Gasteiger partial charge in [0.1, 0.15) is 12.4 Å². The van der Waals surface area contributed by atoms with Gasteiger partial charge in [-0.05, 0) is 19.8 Å². The number of pyridine rings is 1. The second-order valence-corrected chi connectivity index (χ2v) is 6.79. The highest BCUT2D eigenvalue weighted by molar-refractivity contribution is 6.09. The number of halogens is 4. The molecule has 1 fully saturated rings. The molecular formula is C17H19F4N3O3. The minimum Gasteiger partial charge on any atom is -0.368 e. The van der Waals surface area contributed by atoms with Crippen molar-refractivity contribution in [2.24, 2.45) is 11.7 Å². The maximum absolute atomic E-state index is 14.8. The van der Waals surface area contributed by atoms with Gasteiger partial charge in [0.05, 0.1) is 11.8 Å². The first-order valence-electron chi connectivity index (χ1n) is 8.60. The summed E-state index contributed by atoms with van der Waals surface area (Å²) in [6, 6.07) is 0. The van der Waals surface area contributed by atoms with Crippen LogP contribution in [0.1, 0.15) is 38.2 Å². The zero-order chi connectivity index (χ0) is 20.0. The highest BCUT2D eigenvalue weighted by Crippen LogP contribution is 2.53. The fraction of sp³-hybridized carbons (Fsp3) is 0.588. The largest absolute Gasteiger partial charge is 0.368 e. The van der Waals surface area contributed by atoms with E-state index in [-0.39, 0.29) is 31.7 Å². The minimum absolute atomic E-state index is 0.0925. The van der Waals surface area contributed by atoms with Crippen molar-refractivity contribution in [1.82, 2.24) is 4.98 Å². The Morgan fingerprint density at radius 3 is 2.74 bits per heavy atom. The second kappa shape index (κ2) is 6.74. The molecule has 2 heterocycles. The van der Waals surface area contributed by atoms with Crippen molar-refractivity contribution in [1.29, 1.82) is 0 Å². The molecule has 0 radical (unpaired) electrons. The molecule has 1 aromatic rings. The predicted octanol–water partition coefficient (Wildman–Crippen LogP) is 2.25. The average Bonchev–Trinajstić information content (AvgIpc) is 2.81. The van der Waals surface area contributed by atoms with Crippen LogP contribution >= 0.6 is 0 Å². The summed E-state index contributed by atoms with van der Waals surface area (Å²) in [5, 5.41) is 0. The van der Waals surface area contributed by atoms with E-state index < -0.39 is 59.4 Å². The van der Waals surface area contributed by atoms with Gasteiger partial charge in [0.25, 0.3) is 5.91 Å². The van der Waals surface area contributed by atoms with Crippen LogP contribution in [-0.4, -0.2) is 35.9 Å². The van der Waals surface area contributed by atoms with Crippen LogP contribution in [0, 0.1) is 17.6 Å². The molecule has 0 unspecified atom stereocenters. The lowest BCUT2D eigenvalue weighted by Crippen LogP contribution is -2.52. The molecule has 6 nitrogen and oxygen atoms in total. The number of anilines is 1. The first-order valence-corrected chi connectivity index (χ1v) is 8.60. The molecule has 2 aliphatic rings. The Morgan fingerprint density at radius 1 is 1.44 bits per heavy atom. The van der Waals surface area contributed by atoms with Crippen molar-refractivity contribution in [3.05, 3.63) is 23.4 Å². The van der Waals surface area contributed by atoms with E-state index in [0.717, 1.165) is 4.90 Å². The number of carbonyl (C=O) groups is 2. The van der Waals surface area contributed by atoms with Gasteiger partial charge in [-0.25, -0.2) is 22.5 Å². The number of nitrogens with zero attached hydrogens (tertiary/aromatic N) is 2. The Kier molecular flexibility index (Phi) is 4.87. The summed E-state index contributed by atoms with van der Waals surface area (Å²) in [6.45, 7) is 0.743. The summed E-state index contributed by atoms with van der Waals surface area (Å²) in [5.41, 5.74) is 2.43. The van der Waals surface area contributed by atoms with Crippen LogP contribution in [0.5, 0.6) is 0 Å². The minimum atomic E-state index is -3.07. The third-order valence-electron chi connectivity index (χ3n) is 5.04. The third-order valence-corrected chi connectivity index (χ3v) is 5.04. The number of carbonyl (C=O) groups excluding carboxylic acids is 2. The highest BCUT2D eigenvalue weighted by atomic mass is 19.3. The summed E-state index contributed by atoms with van der Waals surface area (Å²) in [4.78, 5) is 29.1. The molecule has 0 aromatic carbocycles. The van der Waals surface area contributed by atoms with Gasteiger partial charge >= 0.3 is 0 Å². The molecule has 10 heteroatoms. The number of nitrogens with two attached hydrogens (primary N) is 1. The fourth-order valence-electron chi connectivity index (χ4n) is 4.07. The molecule has 2 atom stereocenters. The van der Waals surface area contributed by atoms with Crippen molar-refractivity contribution in [3.63, 3.8) is 0 Å². The van der Waals surface area contributed by atoms with Crippen LogP contribution < -0.4 is 10.6 Å². The summed E-state index contributed by atoms with van der Waals surface area (Å²) in [6.07, 6.45) is -0.274. The van der Waals surface area contributed by atoms with Gasteiger partial charge in [0.15, 0.2) is 17.2 Å². The number of hydrogen-bond donors (Lipinski definition) is 1. The maximum Gasteiger partial charge on any atom is 0.266 e. The molecule has 3 rings (SSSR count). The van der Waals surface area contributed by atoms with Gasteiger partial charge in [0, 0.05) is 25.4 Å². The van der Waals surface area contributed by atoms with Crippen LogP contribution in [-0.2, 0) is 19.9 Å². The van der Waals surface area contributed by atoms with Crippen LogP contribution in [0.4, 0.5) is 23.4 Å². The standard InChI is InChI=1S/C17H19F4N3O3/c1-2-27-17(9-4-3-5-16(20,21)6-9)12-13(19)10(18)7-23-14(12)24(15(17)26)8-11(22)25/h7,9H,2-6,8H2,1H3,(H2,22,25)/t9-,17+/m0/s1. The summed E-state index contributed by atoms with van der Waals surface area (Å²) in [7, 11) is 0. The zero-order valence-corrected chi connectivity index (χ0v) is 14.6. The van der Waals surface area contributed by atoms with E-state index in [1.54, 1.807) is 0 Å². The van der Waals surface area contributed by atoms with Crippen LogP contribution in [0.3, 0.4) is 0 Å². The number of hydrogen-bond acceptors (Lipinski definition) is 4. The van der Waals surface area contributed by atoms with E-state index in [4.69, 9.17) is 10.5 Å². The number of rotatable bonds is 5. The van der Waals surface area contributed by atoms with Crippen molar-refractivity contribution in [3.8, 4) is 0 Å². The SMILES string of the molecule is CCO[C@@]1([C@H]2CCCC(F)(F)C2)C(=O)N(CC(N)=O)c2ncc(F)c(F)c21. The van der Waals surface area contributed by atoms with Gasteiger partial charge in [-0.3, -0.25) is 14.5 Å². The first-order chi connectivity index (χ1) is 12.6. The highest BCUT2D eigenvalue weighted by Gasteiger charge is 2.61. The van der Waals surface area contributed by atoms with Crippen molar-refractivity contribution < 1.29 is 31.9 Å². The van der Waals surface area contributed by atoms with Gasteiger partial charge in [0.2, 0.25) is 11.8 Å². The molecule has 2 amide bonds. The third kappa shape index (κ3) is 3.05. The smallest absolute Gasteiger partial charge is 0.266 e. The molecule has 1 aliphatic heterocycles. The number of alkyl halides is 2. The maximum atomic E-state index is 14.8. The van der Waals surface area contributed by atoms with Crippen molar-refractivity contribution in [2.75, 3.05) is 18.1 Å². The fourth-order valence-corrected chi connectivity index (χ4v) is 4.07. The topological polar surface area (TPSA) is 85.5 Å². The molecule has 1 saturated carbocycles. The molecule has 1 aliphatic carbocycles. The van der Waals surface area contributed by atoms with E-state index in [1.807, 2.05) is 0 Å². The average molecular weight is 389 g/mol. The molecule has 1 aromatic heterocycles. The molecular weight excluding hydrogens is 370 g/mol. The van der Waals surface area contributed by atoms with Crippen LogP contribution in [0.25, 0.3) is 0 Å². The quantitative estimate of drug-likeness (QED) is 0.783. The molecule has 2 N–H and O–H groups in total. The Morgan fingerprint density at radius 2 is 2.15 bits per heavy atom. The molecule has 0 bridgehead atoms. The monoisotopic (exact) mass is 389 g/mol. The van der Waals surface area contributed by atoms with Crippen molar-refractivity contribution >= 4 is 17.6 Å². The first kappa shape index (κ1) is 19.5. The number of primary amides is 1. The van der Waals surface area contributed by atoms with Gasteiger partial charge < -0.3 is 10.5 Å². The lowest BCUT2D eigenvalue weighted by molar-refractivity contribution is -0.166. The van der Waals surface area contributed by atoms with E-state index in [0.29, 0.717) is 6.20 Å². The lowest BCUT2D eigenvalue weighted by Gasteiger charge is -2.40. The molecule has 0 saturated heterocycles. The molecule has 148 valence electrons. The van der Waals surface area contributed by atoms with E-state index in [1.165, 1.54) is 6.92 Å². The summed E-state index contributed by atoms with van der Waals surface area (Å²) >= 11 is 0. The Labute approximate surface area is 152 Å². The van der Waals surface area contributed by atoms with E-state index in [2.05, 4.69) is 4.98 Å². The summed E-state index contributed by atoms with van der Waals surface area (Å²) in [5.74, 6) is -9.10. The predicted molar refractivity (Wildman–Crippen MR) is 85.9 cm³/mol. The summed E-state index contributed by atoms with van der Waals surface area (Å²) < 4.78 is 62.4. The molecule has 27 heavy (non-hydrogen) atoms. The van der Waals surface area contributed by atoms with E-state index in [9.17, 15) is 27.2 Å². The van der Waals surface area contributed by atoms with Crippen LogP contribution in [0.15, 0.2) is 6.20 Å². The van der Waals surface area contributed by atoms with Gasteiger partial charge in [-0.2, -0.15) is 0 Å². The zero-order valence-electron chi connectivity index (χ0n) is 14.6. The lowest BCUT2D eigenvalue weighted by atomic mass is 9.72. The van der Waals surface area contributed by atoms with Gasteiger partial charge in [-0.1, -0.05) is 0 Å². The van der Waals surface area contributed by atoms with Crippen LogP contribution in [0.2, 0.25) is 0 Å². The number of amides is 2. The molecule has 0 spiro atoms. The number of ether oxygens (including phenoxy) is 1.